The van der Waals surface area contributed by atoms with E-state index in [4.69, 9.17) is 0 Å². The Morgan fingerprint density at radius 2 is 1.46 bits per heavy atom. The maximum absolute atomic E-state index is 13.5. The normalized spacial score (nSPS) is 17.6. The van der Waals surface area contributed by atoms with Gasteiger partial charge in [0.1, 0.15) is 23.7 Å². The molecule has 3 aromatic carbocycles. The summed E-state index contributed by atoms with van der Waals surface area (Å²) in [6, 6.07) is 22.4. The molecule has 0 spiro atoms. The molecule has 1 aliphatic rings. The Labute approximate surface area is 278 Å². The first-order valence-corrected chi connectivity index (χ1v) is 15.9. The molecule has 48 heavy (non-hydrogen) atoms. The first-order valence-electron chi connectivity index (χ1n) is 15.9. The summed E-state index contributed by atoms with van der Waals surface area (Å²) >= 11 is 0. The summed E-state index contributed by atoms with van der Waals surface area (Å²) in [6.07, 6.45) is -2.85. The van der Waals surface area contributed by atoms with Crippen molar-refractivity contribution in [3.05, 3.63) is 107 Å². The topological polar surface area (TPSA) is 102 Å². The summed E-state index contributed by atoms with van der Waals surface area (Å²) in [5.74, 6) is 0.0988. The molecule has 9 nitrogen and oxygen atoms in total. The third kappa shape index (κ3) is 10.1. The van der Waals surface area contributed by atoms with E-state index in [1.807, 2.05) is 67.4 Å². The zero-order chi connectivity index (χ0) is 34.1. The first-order chi connectivity index (χ1) is 23.0. The summed E-state index contributed by atoms with van der Waals surface area (Å²) in [5, 5.41) is 9.67. The fourth-order valence-corrected chi connectivity index (χ4v) is 5.75. The summed E-state index contributed by atoms with van der Waals surface area (Å²) in [4.78, 5) is 39.6. The molecule has 1 atom stereocenters. The van der Waals surface area contributed by atoms with Crippen LogP contribution in [0.1, 0.15) is 35.6 Å². The Morgan fingerprint density at radius 3 is 2.06 bits per heavy atom. The number of aromatic nitrogens is 2. The Bertz CT molecular complexity index is 1700. The molecule has 0 aliphatic carbocycles. The van der Waals surface area contributed by atoms with E-state index in [2.05, 4.69) is 36.9 Å². The van der Waals surface area contributed by atoms with E-state index in [0.717, 1.165) is 41.2 Å². The average Bonchev–Trinajstić information content (AvgIpc) is 3.04. The van der Waals surface area contributed by atoms with Crippen molar-refractivity contribution in [3.8, 4) is 0 Å². The molecule has 3 N–H and O–H groups in total. The van der Waals surface area contributed by atoms with Crippen LogP contribution in [0.4, 0.5) is 36.2 Å². The summed E-state index contributed by atoms with van der Waals surface area (Å²) in [5.41, 5.74) is 3.55. The van der Waals surface area contributed by atoms with Crippen LogP contribution in [0.5, 0.6) is 0 Å². The van der Waals surface area contributed by atoms with Crippen LogP contribution in [-0.2, 0) is 35.3 Å². The number of rotatable bonds is 3. The van der Waals surface area contributed by atoms with Gasteiger partial charge in [-0.1, -0.05) is 43.3 Å². The van der Waals surface area contributed by atoms with Gasteiger partial charge >= 0.3 is 6.18 Å². The lowest BCUT2D eigenvalue weighted by Gasteiger charge is -2.23. The number of carbonyl (C=O) groups excluding carboxylic acids is 2. The van der Waals surface area contributed by atoms with E-state index in [1.54, 1.807) is 0 Å². The van der Waals surface area contributed by atoms with Crippen LogP contribution >= 0.6 is 0 Å². The summed E-state index contributed by atoms with van der Waals surface area (Å²) in [6.45, 7) is 4.96. The number of hydrogen-bond acceptors (Lipinski definition) is 8. The molecule has 0 fully saturated rings. The van der Waals surface area contributed by atoms with Crippen LogP contribution in [0.25, 0.3) is 0 Å². The van der Waals surface area contributed by atoms with Gasteiger partial charge in [0.2, 0.25) is 5.91 Å². The van der Waals surface area contributed by atoms with E-state index >= 15 is 0 Å². The number of alkyl halides is 3. The van der Waals surface area contributed by atoms with Gasteiger partial charge < -0.3 is 16.0 Å². The van der Waals surface area contributed by atoms with Crippen molar-refractivity contribution in [2.75, 3.05) is 43.9 Å². The number of fused-ring (bicyclic) bond motifs is 6. The maximum atomic E-state index is 13.5. The second-order valence-corrected chi connectivity index (χ2v) is 12.1. The van der Waals surface area contributed by atoms with Gasteiger partial charge in [-0.05, 0) is 73.1 Å². The van der Waals surface area contributed by atoms with E-state index < -0.39 is 17.7 Å². The lowest BCUT2D eigenvalue weighted by molar-refractivity contribution is -0.137. The average molecular weight is 660 g/mol. The number of carbonyl (C=O) groups is 2. The largest absolute Gasteiger partial charge is 0.416 e. The number of anilines is 4. The fraction of sp³-hybridized carbons (Fsp3) is 0.333. The Kier molecular flexibility index (Phi) is 11.4. The molecular weight excluding hydrogens is 619 g/mol. The number of benzene rings is 3. The van der Waals surface area contributed by atoms with Gasteiger partial charge in [0.25, 0.3) is 0 Å². The van der Waals surface area contributed by atoms with Crippen molar-refractivity contribution in [1.82, 2.24) is 25.1 Å². The minimum absolute atomic E-state index is 0.0356. The monoisotopic (exact) mass is 659 g/mol. The number of nitrogens with one attached hydrogen (secondary N) is 3. The molecule has 0 radical (unpaired) electrons. The number of Topliss-reactive ketones (excluding diaryl/α,β-unsaturated/α-hetero) is 1. The standard InChI is InChI=1S/C36H40F3N7O2/c1-3-46-15-14-40-35(48)28(16-25-10-12-29(13-11-25)36(37,38)39)19-32(47)23-45(2)21-26-6-4-8-30(17-26)43-33-20-34(42-24-41-33)44-31-9-5-7-27(18-31)22-46/h4-13,17-18,20,24,28H,3,14-16,19,21-23H2,1-2H3,(H,40,48)(H2,41,42,43,44). The zero-order valence-electron chi connectivity index (χ0n) is 27.1. The predicted octanol–water partition coefficient (Wildman–Crippen LogP) is 6.18. The van der Waals surface area contributed by atoms with Gasteiger partial charge in [-0.15, -0.1) is 0 Å². The second-order valence-electron chi connectivity index (χ2n) is 12.1. The molecular formula is C36H40F3N7O2. The van der Waals surface area contributed by atoms with Crippen LogP contribution in [0, 0.1) is 5.92 Å². The van der Waals surface area contributed by atoms with Gasteiger partial charge in [-0.25, -0.2) is 9.97 Å². The predicted molar refractivity (Wildman–Crippen MR) is 180 cm³/mol. The molecule has 6 bridgehead atoms. The highest BCUT2D eigenvalue weighted by Crippen LogP contribution is 2.30. The SMILES string of the molecule is CCN1CCNC(=O)C(Cc2ccc(C(F)(F)F)cc2)CC(=O)CN(C)Cc2cccc(c2)Nc2cc(ncn2)Nc2cccc(c2)C1. The number of likely N-dealkylation sites (N-methyl/N-ethyl adjacent to an activating group) is 2. The van der Waals surface area contributed by atoms with Crippen LogP contribution < -0.4 is 16.0 Å². The van der Waals surface area contributed by atoms with Gasteiger partial charge in [-0.2, -0.15) is 13.2 Å². The van der Waals surface area contributed by atoms with E-state index in [-0.39, 0.29) is 31.1 Å². The molecule has 2 heterocycles. The van der Waals surface area contributed by atoms with E-state index in [0.29, 0.717) is 43.4 Å². The second kappa shape index (κ2) is 15.9. The minimum atomic E-state index is -4.45. The number of hydrogen-bond donors (Lipinski definition) is 3. The van der Waals surface area contributed by atoms with Gasteiger partial charge in [-0.3, -0.25) is 19.4 Å². The summed E-state index contributed by atoms with van der Waals surface area (Å²) < 4.78 is 39.4. The van der Waals surface area contributed by atoms with E-state index in [1.165, 1.54) is 18.5 Å². The highest BCUT2D eigenvalue weighted by Gasteiger charge is 2.30. The summed E-state index contributed by atoms with van der Waals surface area (Å²) in [7, 11) is 1.83. The third-order valence-corrected chi connectivity index (χ3v) is 8.15. The Hall–Kier alpha value is -4.81. The van der Waals surface area contributed by atoms with Crippen molar-refractivity contribution in [2.45, 2.75) is 39.0 Å². The van der Waals surface area contributed by atoms with E-state index in [9.17, 15) is 22.8 Å². The molecule has 252 valence electrons. The van der Waals surface area contributed by atoms with Crippen LogP contribution in [0.3, 0.4) is 0 Å². The number of ketones is 1. The number of amides is 1. The van der Waals surface area contributed by atoms with Gasteiger partial charge in [0.05, 0.1) is 12.1 Å². The molecule has 5 rings (SSSR count). The Balaban J connectivity index is 1.38. The van der Waals surface area contributed by atoms with Gasteiger partial charge in [0.15, 0.2) is 0 Å². The molecule has 0 saturated carbocycles. The highest BCUT2D eigenvalue weighted by molar-refractivity contribution is 5.88. The lowest BCUT2D eigenvalue weighted by Crippen LogP contribution is -2.39. The van der Waals surface area contributed by atoms with Gasteiger partial charge in [0, 0.05) is 56.0 Å². The molecule has 0 saturated heterocycles. The first kappa shape index (κ1) is 34.5. The third-order valence-electron chi connectivity index (χ3n) is 8.15. The highest BCUT2D eigenvalue weighted by atomic mass is 19.4. The molecule has 12 heteroatoms. The molecule has 1 aliphatic heterocycles. The smallest absolute Gasteiger partial charge is 0.355 e. The lowest BCUT2D eigenvalue weighted by atomic mass is 9.92. The zero-order valence-corrected chi connectivity index (χ0v) is 27.1. The quantitative estimate of drug-likeness (QED) is 0.240. The van der Waals surface area contributed by atoms with Crippen LogP contribution in [0.15, 0.2) is 85.2 Å². The fourth-order valence-electron chi connectivity index (χ4n) is 5.75. The van der Waals surface area contributed by atoms with Crippen molar-refractivity contribution >= 4 is 34.7 Å². The molecule has 1 aromatic heterocycles. The minimum Gasteiger partial charge on any atom is -0.355 e. The van der Waals surface area contributed by atoms with Crippen molar-refractivity contribution in [2.24, 2.45) is 5.92 Å². The number of halogens is 3. The maximum Gasteiger partial charge on any atom is 0.416 e. The van der Waals surface area contributed by atoms with Crippen molar-refractivity contribution in [3.63, 3.8) is 0 Å². The van der Waals surface area contributed by atoms with Crippen LogP contribution in [0.2, 0.25) is 0 Å². The molecule has 4 aromatic rings. The van der Waals surface area contributed by atoms with Crippen molar-refractivity contribution < 1.29 is 22.8 Å². The Morgan fingerprint density at radius 1 is 0.833 bits per heavy atom. The molecule has 1 unspecified atom stereocenters. The van der Waals surface area contributed by atoms with Crippen LogP contribution in [-0.4, -0.2) is 64.7 Å². The molecule has 1 amide bonds. The number of nitrogens with zero attached hydrogens (tertiary/aromatic N) is 4. The van der Waals surface area contributed by atoms with Crippen molar-refractivity contribution in [1.29, 1.82) is 0 Å².